The Bertz CT molecular complexity index is 1380. The summed E-state index contributed by atoms with van der Waals surface area (Å²) in [6.45, 7) is 1.86. The minimum atomic E-state index is 0.0709. The number of unbranched alkanes of at least 4 members (excludes halogenated alkanes) is 2. The molecule has 0 bridgehead atoms. The first-order valence-corrected chi connectivity index (χ1v) is 13.0. The summed E-state index contributed by atoms with van der Waals surface area (Å²) in [5.41, 5.74) is 8.60. The average molecular weight is 519 g/mol. The number of nitrogens with one attached hydrogen (secondary N) is 1. The maximum Gasteiger partial charge on any atom is 0.220 e. The summed E-state index contributed by atoms with van der Waals surface area (Å²) in [4.78, 5) is 11.8. The Morgan fingerprint density at radius 3 is 2.73 bits per heavy atom. The standard InChI is InChI=1S/C30H32ClN3O3/c1-36-29-16-11-23(21-26(29)31)28-17-15-25(37-28)14-13-24-12-10-22-7-4-5-8-27(22)34(24)20-6-2-3-9-30(35)33-19-18-32/h4-5,7-8,10-17,21H,2-3,6,9,18-20,32H2,1H3/p+1/b14-13+. The quantitative estimate of drug-likeness (QED) is 0.182. The molecule has 0 fully saturated rings. The second-order valence-electron chi connectivity index (χ2n) is 8.80. The van der Waals surface area contributed by atoms with E-state index in [0.29, 0.717) is 30.3 Å². The van der Waals surface area contributed by atoms with Crippen LogP contribution in [-0.2, 0) is 11.3 Å². The van der Waals surface area contributed by atoms with E-state index in [4.69, 9.17) is 26.5 Å². The Hall–Kier alpha value is -3.61. The highest BCUT2D eigenvalue weighted by Crippen LogP contribution is 2.31. The van der Waals surface area contributed by atoms with Crippen LogP contribution in [-0.4, -0.2) is 26.1 Å². The van der Waals surface area contributed by atoms with Crippen LogP contribution in [0.15, 0.2) is 71.1 Å². The van der Waals surface area contributed by atoms with Gasteiger partial charge in [0.1, 0.15) is 23.8 Å². The van der Waals surface area contributed by atoms with Crippen LogP contribution in [0.1, 0.15) is 37.1 Å². The van der Waals surface area contributed by atoms with Gasteiger partial charge in [0.15, 0.2) is 0 Å². The Balaban J connectivity index is 1.47. The van der Waals surface area contributed by atoms with Crippen molar-refractivity contribution >= 4 is 40.6 Å². The van der Waals surface area contributed by atoms with E-state index in [1.165, 1.54) is 10.9 Å². The Labute approximate surface area is 222 Å². The van der Waals surface area contributed by atoms with E-state index in [0.717, 1.165) is 48.6 Å². The molecule has 0 aliphatic carbocycles. The number of carbonyl (C=O) groups is 1. The summed E-state index contributed by atoms with van der Waals surface area (Å²) >= 11 is 6.28. The van der Waals surface area contributed by atoms with Crippen molar-refractivity contribution in [3.8, 4) is 17.1 Å². The second-order valence-corrected chi connectivity index (χ2v) is 9.21. The number of carbonyl (C=O) groups excluding carboxylic acids is 1. The number of fused-ring (bicyclic) bond motifs is 1. The predicted octanol–water partition coefficient (Wildman–Crippen LogP) is 5.86. The van der Waals surface area contributed by atoms with Gasteiger partial charge in [0.05, 0.1) is 12.1 Å². The first-order valence-electron chi connectivity index (χ1n) is 12.6. The molecule has 3 N–H and O–H groups in total. The number of ether oxygens (including phenoxy) is 1. The number of nitrogens with two attached hydrogens (primary N) is 1. The maximum absolute atomic E-state index is 11.8. The zero-order valence-corrected chi connectivity index (χ0v) is 21.8. The molecule has 37 heavy (non-hydrogen) atoms. The maximum atomic E-state index is 11.8. The number of benzene rings is 2. The molecule has 2 aromatic heterocycles. The van der Waals surface area contributed by atoms with Crippen molar-refractivity contribution in [1.82, 2.24) is 5.32 Å². The lowest BCUT2D eigenvalue weighted by molar-refractivity contribution is -0.673. The highest BCUT2D eigenvalue weighted by Gasteiger charge is 2.14. The Morgan fingerprint density at radius 1 is 1.05 bits per heavy atom. The van der Waals surface area contributed by atoms with E-state index in [1.54, 1.807) is 7.11 Å². The first kappa shape index (κ1) is 26.5. The van der Waals surface area contributed by atoms with Crippen LogP contribution in [0.2, 0.25) is 5.02 Å². The summed E-state index contributed by atoms with van der Waals surface area (Å²) in [5, 5.41) is 4.56. The number of nitrogens with zero attached hydrogens (tertiary/aromatic N) is 1. The summed E-state index contributed by atoms with van der Waals surface area (Å²) in [6, 6.07) is 22.1. The van der Waals surface area contributed by atoms with Crippen LogP contribution in [0.3, 0.4) is 0 Å². The smallest absolute Gasteiger partial charge is 0.220 e. The molecule has 0 spiro atoms. The monoisotopic (exact) mass is 518 g/mol. The van der Waals surface area contributed by atoms with Crippen molar-refractivity contribution in [2.75, 3.05) is 20.2 Å². The van der Waals surface area contributed by atoms with Gasteiger partial charge in [0.2, 0.25) is 17.1 Å². The van der Waals surface area contributed by atoms with Crippen molar-refractivity contribution in [3.63, 3.8) is 0 Å². The number of amides is 1. The third-order valence-electron chi connectivity index (χ3n) is 6.21. The molecule has 0 aliphatic rings. The summed E-state index contributed by atoms with van der Waals surface area (Å²) in [6.07, 6.45) is 7.41. The third-order valence-corrected chi connectivity index (χ3v) is 6.50. The van der Waals surface area contributed by atoms with Gasteiger partial charge in [-0.2, -0.15) is 4.57 Å². The molecule has 0 aliphatic heterocycles. The number of hydrogen-bond acceptors (Lipinski definition) is 4. The van der Waals surface area contributed by atoms with Crippen LogP contribution in [0, 0.1) is 0 Å². The van der Waals surface area contributed by atoms with Gasteiger partial charge in [0, 0.05) is 55.1 Å². The van der Waals surface area contributed by atoms with E-state index in [9.17, 15) is 4.79 Å². The van der Waals surface area contributed by atoms with Crippen LogP contribution in [0.5, 0.6) is 5.75 Å². The molecule has 2 heterocycles. The number of methoxy groups -OCH3 is 1. The number of hydrogen-bond donors (Lipinski definition) is 2. The van der Waals surface area contributed by atoms with E-state index in [2.05, 4.69) is 52.4 Å². The summed E-state index contributed by atoms with van der Waals surface area (Å²) in [5.74, 6) is 2.20. The first-order chi connectivity index (χ1) is 18.1. The lowest BCUT2D eigenvalue weighted by Gasteiger charge is -2.06. The lowest BCUT2D eigenvalue weighted by atomic mass is 10.1. The molecular weight excluding hydrogens is 486 g/mol. The van der Waals surface area contributed by atoms with Gasteiger partial charge in [-0.05, 0) is 61.4 Å². The van der Waals surface area contributed by atoms with Crippen molar-refractivity contribution in [1.29, 1.82) is 0 Å². The van der Waals surface area contributed by atoms with Crippen molar-refractivity contribution in [3.05, 3.63) is 83.2 Å². The molecule has 6 nitrogen and oxygen atoms in total. The number of para-hydroxylation sites is 1. The molecule has 4 rings (SSSR count). The van der Waals surface area contributed by atoms with E-state index >= 15 is 0 Å². The van der Waals surface area contributed by atoms with Gasteiger partial charge in [-0.3, -0.25) is 4.79 Å². The third kappa shape index (κ3) is 7.00. The van der Waals surface area contributed by atoms with Crippen LogP contribution >= 0.6 is 11.6 Å². The summed E-state index contributed by atoms with van der Waals surface area (Å²) < 4.78 is 13.6. The Kier molecular flexibility index (Phi) is 9.35. The number of pyridine rings is 1. The molecule has 4 aromatic rings. The minimum Gasteiger partial charge on any atom is -0.495 e. The van der Waals surface area contributed by atoms with Crippen LogP contribution in [0.25, 0.3) is 34.4 Å². The van der Waals surface area contributed by atoms with Gasteiger partial charge < -0.3 is 20.2 Å². The highest BCUT2D eigenvalue weighted by atomic mass is 35.5. The normalized spacial score (nSPS) is 11.3. The fourth-order valence-electron chi connectivity index (χ4n) is 4.29. The van der Waals surface area contributed by atoms with Gasteiger partial charge in [-0.15, -0.1) is 0 Å². The molecule has 2 aromatic carbocycles. The van der Waals surface area contributed by atoms with E-state index in [1.807, 2.05) is 36.4 Å². The SMILES string of the molecule is COc1ccc(-c2ccc(/C=C/c3ccc4ccccc4[n+]3CCCCCC(=O)NCCN)o2)cc1Cl. The molecule has 0 unspecified atom stereocenters. The second kappa shape index (κ2) is 13.1. The topological polar surface area (TPSA) is 81.4 Å². The average Bonchev–Trinajstić information content (AvgIpc) is 3.40. The molecule has 192 valence electrons. The number of rotatable bonds is 12. The molecule has 7 heteroatoms. The van der Waals surface area contributed by atoms with Gasteiger partial charge >= 0.3 is 0 Å². The summed E-state index contributed by atoms with van der Waals surface area (Å²) in [7, 11) is 1.60. The minimum absolute atomic E-state index is 0.0709. The van der Waals surface area contributed by atoms with Crippen molar-refractivity contribution in [2.24, 2.45) is 5.73 Å². The molecule has 0 radical (unpaired) electrons. The fourth-order valence-corrected chi connectivity index (χ4v) is 4.55. The molecule has 0 saturated carbocycles. The molecule has 0 atom stereocenters. The number of halogens is 1. The van der Waals surface area contributed by atoms with Crippen molar-refractivity contribution < 1.29 is 18.5 Å². The van der Waals surface area contributed by atoms with E-state index < -0.39 is 0 Å². The molecular formula is C30H33ClN3O3+. The number of furan rings is 1. The van der Waals surface area contributed by atoms with Gasteiger partial charge in [-0.25, -0.2) is 0 Å². The van der Waals surface area contributed by atoms with E-state index in [-0.39, 0.29) is 5.91 Å². The van der Waals surface area contributed by atoms with Gasteiger partial charge in [-0.1, -0.05) is 23.7 Å². The molecule has 1 amide bonds. The zero-order valence-electron chi connectivity index (χ0n) is 21.1. The van der Waals surface area contributed by atoms with Crippen LogP contribution in [0.4, 0.5) is 0 Å². The Morgan fingerprint density at radius 2 is 1.92 bits per heavy atom. The highest BCUT2D eigenvalue weighted by molar-refractivity contribution is 6.32. The predicted molar refractivity (Wildman–Crippen MR) is 149 cm³/mol. The molecule has 0 saturated heterocycles. The fraction of sp³-hybridized carbons (Fsp3) is 0.267. The van der Waals surface area contributed by atoms with Crippen molar-refractivity contribution in [2.45, 2.75) is 32.2 Å². The number of aromatic nitrogens is 1. The largest absolute Gasteiger partial charge is 0.495 e. The number of aryl methyl sites for hydroxylation is 1. The zero-order chi connectivity index (χ0) is 26.0. The van der Waals surface area contributed by atoms with Crippen LogP contribution < -0.4 is 20.4 Å². The van der Waals surface area contributed by atoms with Gasteiger partial charge in [0.25, 0.3) is 0 Å². The lowest BCUT2D eigenvalue weighted by Crippen LogP contribution is -2.38.